The third-order valence-corrected chi connectivity index (χ3v) is 3.81. The summed E-state index contributed by atoms with van der Waals surface area (Å²) in [6.45, 7) is 8.75. The summed E-state index contributed by atoms with van der Waals surface area (Å²) in [5.74, 6) is 2.24. The van der Waals surface area contributed by atoms with Gasteiger partial charge in [-0.15, -0.1) is 0 Å². The minimum Gasteiger partial charge on any atom is -0.339 e. The predicted octanol–water partition coefficient (Wildman–Crippen LogP) is 2.30. The third kappa shape index (κ3) is 2.68. The first-order valence-electron chi connectivity index (χ1n) is 6.68. The molecule has 2 heterocycles. The fourth-order valence-corrected chi connectivity index (χ4v) is 2.48. The summed E-state index contributed by atoms with van der Waals surface area (Å²) in [5, 5.41) is 7.51. The van der Waals surface area contributed by atoms with Crippen molar-refractivity contribution in [2.75, 3.05) is 13.1 Å². The van der Waals surface area contributed by atoms with E-state index in [4.69, 9.17) is 4.52 Å². The molecular formula is C13H23N3O. The Hall–Kier alpha value is -0.900. The van der Waals surface area contributed by atoms with Crippen LogP contribution in [0.15, 0.2) is 4.52 Å². The molecule has 4 nitrogen and oxygen atoms in total. The molecule has 1 aliphatic rings. The van der Waals surface area contributed by atoms with Crippen LogP contribution in [0.25, 0.3) is 0 Å². The first-order chi connectivity index (χ1) is 8.14. The van der Waals surface area contributed by atoms with E-state index in [2.05, 4.69) is 36.2 Å². The number of aromatic nitrogens is 2. The first kappa shape index (κ1) is 12.6. The second kappa shape index (κ2) is 5.17. The van der Waals surface area contributed by atoms with Crippen molar-refractivity contribution in [1.82, 2.24) is 15.5 Å². The molecule has 0 radical (unpaired) electrons. The number of aryl methyl sites for hydroxylation is 1. The Labute approximate surface area is 103 Å². The average Bonchev–Trinajstić information content (AvgIpc) is 2.80. The van der Waals surface area contributed by atoms with Crippen LogP contribution < -0.4 is 5.32 Å². The van der Waals surface area contributed by atoms with Gasteiger partial charge in [0.2, 0.25) is 5.89 Å². The van der Waals surface area contributed by atoms with Gasteiger partial charge in [-0.3, -0.25) is 0 Å². The van der Waals surface area contributed by atoms with Crippen LogP contribution in [0.1, 0.15) is 51.7 Å². The minimum absolute atomic E-state index is 0.0214. The van der Waals surface area contributed by atoms with Crippen LogP contribution in [-0.4, -0.2) is 23.2 Å². The fourth-order valence-electron chi connectivity index (χ4n) is 2.48. The van der Waals surface area contributed by atoms with E-state index in [0.717, 1.165) is 37.6 Å². The lowest BCUT2D eigenvalue weighted by Gasteiger charge is -2.34. The van der Waals surface area contributed by atoms with Gasteiger partial charge in [0.1, 0.15) is 0 Å². The smallest absolute Gasteiger partial charge is 0.232 e. The minimum atomic E-state index is -0.0214. The van der Waals surface area contributed by atoms with Gasteiger partial charge >= 0.3 is 0 Å². The summed E-state index contributed by atoms with van der Waals surface area (Å²) in [6, 6.07) is 0. The van der Waals surface area contributed by atoms with Gasteiger partial charge in [0, 0.05) is 11.8 Å². The maximum atomic E-state index is 5.45. The van der Waals surface area contributed by atoms with Gasteiger partial charge in [-0.1, -0.05) is 25.9 Å². The van der Waals surface area contributed by atoms with Crippen LogP contribution in [0.5, 0.6) is 0 Å². The topological polar surface area (TPSA) is 51.0 Å². The molecule has 0 aromatic carbocycles. The van der Waals surface area contributed by atoms with Gasteiger partial charge in [0.25, 0.3) is 0 Å². The number of nitrogens with zero attached hydrogens (tertiary/aromatic N) is 2. The van der Waals surface area contributed by atoms with E-state index in [1.54, 1.807) is 0 Å². The van der Waals surface area contributed by atoms with Crippen LogP contribution in [0.3, 0.4) is 0 Å². The number of hydrogen-bond acceptors (Lipinski definition) is 4. The number of piperidine rings is 1. The molecule has 0 aliphatic carbocycles. The fraction of sp³-hybridized carbons (Fsp3) is 0.846. The summed E-state index contributed by atoms with van der Waals surface area (Å²) >= 11 is 0. The van der Waals surface area contributed by atoms with Crippen molar-refractivity contribution in [3.8, 4) is 0 Å². The van der Waals surface area contributed by atoms with Crippen molar-refractivity contribution in [1.29, 1.82) is 0 Å². The highest BCUT2D eigenvalue weighted by Crippen LogP contribution is 2.34. The lowest BCUT2D eigenvalue weighted by Crippen LogP contribution is -2.40. The zero-order valence-electron chi connectivity index (χ0n) is 11.1. The summed E-state index contributed by atoms with van der Waals surface area (Å²) in [7, 11) is 0. The summed E-state index contributed by atoms with van der Waals surface area (Å²) in [6.07, 6.45) is 4.45. The van der Waals surface area contributed by atoms with Crippen LogP contribution in [0.4, 0.5) is 0 Å². The van der Waals surface area contributed by atoms with Crippen LogP contribution >= 0.6 is 0 Å². The lowest BCUT2D eigenvalue weighted by atomic mass is 9.75. The number of nitrogens with one attached hydrogen (secondary N) is 1. The Bertz CT molecular complexity index is 353. The molecule has 1 saturated heterocycles. The van der Waals surface area contributed by atoms with Gasteiger partial charge < -0.3 is 9.84 Å². The van der Waals surface area contributed by atoms with E-state index in [9.17, 15) is 0 Å². The van der Waals surface area contributed by atoms with Crippen molar-refractivity contribution >= 4 is 0 Å². The van der Waals surface area contributed by atoms with E-state index in [1.165, 1.54) is 12.8 Å². The molecule has 0 spiro atoms. The molecule has 1 aromatic rings. The van der Waals surface area contributed by atoms with E-state index >= 15 is 0 Å². The molecule has 2 rings (SSSR count). The second-order valence-corrected chi connectivity index (χ2v) is 5.53. The SMILES string of the molecule is CCCc1noc(C(C)(C)C2CCCNC2)n1. The highest BCUT2D eigenvalue weighted by Gasteiger charge is 2.36. The van der Waals surface area contributed by atoms with Gasteiger partial charge in [-0.25, -0.2) is 0 Å². The van der Waals surface area contributed by atoms with Crippen molar-refractivity contribution in [2.45, 2.75) is 51.9 Å². The second-order valence-electron chi connectivity index (χ2n) is 5.53. The monoisotopic (exact) mass is 237 g/mol. The average molecular weight is 237 g/mol. The van der Waals surface area contributed by atoms with E-state index in [0.29, 0.717) is 5.92 Å². The quantitative estimate of drug-likeness (QED) is 0.873. The Morgan fingerprint density at radius 2 is 2.29 bits per heavy atom. The molecule has 0 bridgehead atoms. The molecule has 96 valence electrons. The first-order valence-corrected chi connectivity index (χ1v) is 6.68. The molecular weight excluding hydrogens is 214 g/mol. The number of rotatable bonds is 4. The molecule has 4 heteroatoms. The molecule has 1 aromatic heterocycles. The maximum Gasteiger partial charge on any atom is 0.232 e. The van der Waals surface area contributed by atoms with Crippen LogP contribution in [0, 0.1) is 5.92 Å². The highest BCUT2D eigenvalue weighted by atomic mass is 16.5. The zero-order valence-corrected chi connectivity index (χ0v) is 11.1. The van der Waals surface area contributed by atoms with Gasteiger partial charge in [-0.05, 0) is 38.3 Å². The Balaban J connectivity index is 2.11. The largest absolute Gasteiger partial charge is 0.339 e. The van der Waals surface area contributed by atoms with Crippen LogP contribution in [0.2, 0.25) is 0 Å². The summed E-state index contributed by atoms with van der Waals surface area (Å²) in [4.78, 5) is 4.54. The van der Waals surface area contributed by atoms with Crippen LogP contribution in [-0.2, 0) is 11.8 Å². The molecule has 1 atom stereocenters. The molecule has 1 aliphatic heterocycles. The highest BCUT2D eigenvalue weighted by molar-refractivity contribution is 5.05. The van der Waals surface area contributed by atoms with Gasteiger partial charge in [0.15, 0.2) is 5.82 Å². The summed E-state index contributed by atoms with van der Waals surface area (Å²) in [5.41, 5.74) is -0.0214. The standard InChI is InChI=1S/C13H23N3O/c1-4-6-11-15-12(17-16-11)13(2,3)10-7-5-8-14-9-10/h10,14H,4-9H2,1-3H3. The summed E-state index contributed by atoms with van der Waals surface area (Å²) < 4.78 is 5.45. The molecule has 1 N–H and O–H groups in total. The Kier molecular flexibility index (Phi) is 3.82. The Morgan fingerprint density at radius 1 is 1.47 bits per heavy atom. The van der Waals surface area contributed by atoms with Gasteiger partial charge in [0.05, 0.1) is 0 Å². The third-order valence-electron chi connectivity index (χ3n) is 3.81. The lowest BCUT2D eigenvalue weighted by molar-refractivity contribution is 0.196. The maximum absolute atomic E-state index is 5.45. The predicted molar refractivity (Wildman–Crippen MR) is 66.9 cm³/mol. The molecule has 0 amide bonds. The van der Waals surface area contributed by atoms with Crippen molar-refractivity contribution < 1.29 is 4.52 Å². The molecule has 1 unspecified atom stereocenters. The Morgan fingerprint density at radius 3 is 2.94 bits per heavy atom. The number of hydrogen-bond donors (Lipinski definition) is 1. The molecule has 17 heavy (non-hydrogen) atoms. The van der Waals surface area contributed by atoms with Crippen molar-refractivity contribution in [3.05, 3.63) is 11.7 Å². The van der Waals surface area contributed by atoms with E-state index in [-0.39, 0.29) is 5.41 Å². The zero-order chi connectivity index (χ0) is 12.3. The van der Waals surface area contributed by atoms with E-state index < -0.39 is 0 Å². The normalized spacial score (nSPS) is 21.7. The van der Waals surface area contributed by atoms with Gasteiger partial charge in [-0.2, -0.15) is 4.98 Å². The van der Waals surface area contributed by atoms with Crippen molar-refractivity contribution in [2.24, 2.45) is 5.92 Å². The molecule has 1 fully saturated rings. The molecule has 0 saturated carbocycles. The van der Waals surface area contributed by atoms with Crippen molar-refractivity contribution in [3.63, 3.8) is 0 Å². The van der Waals surface area contributed by atoms with E-state index in [1.807, 2.05) is 0 Å².